The maximum absolute atomic E-state index is 11.4. The van der Waals surface area contributed by atoms with Crippen LogP contribution in [0.15, 0.2) is 40.6 Å². The highest BCUT2D eigenvalue weighted by Gasteiger charge is 2.22. The lowest BCUT2D eigenvalue weighted by molar-refractivity contribution is -0.114. The Labute approximate surface area is 111 Å². The zero-order valence-electron chi connectivity index (χ0n) is 10.7. The van der Waals surface area contributed by atoms with Crippen LogP contribution in [0.5, 0.6) is 5.75 Å². The van der Waals surface area contributed by atoms with Crippen LogP contribution in [0.4, 0.5) is 5.69 Å². The Morgan fingerprint density at radius 1 is 1.32 bits per heavy atom. The summed E-state index contributed by atoms with van der Waals surface area (Å²) in [5, 5.41) is 9.75. The molecule has 0 radical (unpaired) electrons. The van der Waals surface area contributed by atoms with E-state index in [1.807, 2.05) is 0 Å². The first-order valence-electron chi connectivity index (χ1n) is 6.05. The molecule has 0 fully saturated rings. The number of primary amides is 1. The Kier molecular flexibility index (Phi) is 3.85. The summed E-state index contributed by atoms with van der Waals surface area (Å²) in [5.74, 6) is 0.136. The number of amides is 1. The summed E-state index contributed by atoms with van der Waals surface area (Å²) in [6.07, 6.45) is 1.87. The average molecular weight is 260 g/mol. The molecule has 1 aliphatic carbocycles. The van der Waals surface area contributed by atoms with Crippen molar-refractivity contribution < 1.29 is 14.6 Å². The number of aliphatic hydroxyl groups excluding tert-OH is 1. The molecule has 1 aliphatic rings. The van der Waals surface area contributed by atoms with Gasteiger partial charge in [0.15, 0.2) is 0 Å². The van der Waals surface area contributed by atoms with Gasteiger partial charge in [0.1, 0.15) is 11.5 Å². The number of benzene rings is 1. The van der Waals surface area contributed by atoms with E-state index in [4.69, 9.17) is 10.5 Å². The highest BCUT2D eigenvalue weighted by Crippen LogP contribution is 2.25. The van der Waals surface area contributed by atoms with Crippen LogP contribution in [0.2, 0.25) is 0 Å². The van der Waals surface area contributed by atoms with Crippen LogP contribution < -0.4 is 10.5 Å². The van der Waals surface area contributed by atoms with E-state index in [2.05, 4.69) is 4.99 Å². The van der Waals surface area contributed by atoms with Gasteiger partial charge < -0.3 is 15.6 Å². The third kappa shape index (κ3) is 2.93. The van der Waals surface area contributed by atoms with Crippen LogP contribution in [-0.2, 0) is 4.79 Å². The van der Waals surface area contributed by atoms with Crippen LogP contribution in [0.25, 0.3) is 0 Å². The van der Waals surface area contributed by atoms with Crippen molar-refractivity contribution in [2.24, 2.45) is 10.7 Å². The van der Waals surface area contributed by atoms with Crippen molar-refractivity contribution in [2.75, 3.05) is 7.11 Å². The average Bonchev–Trinajstić information content (AvgIpc) is 2.39. The number of nitrogens with zero attached hydrogens (tertiary/aromatic N) is 1. The van der Waals surface area contributed by atoms with Gasteiger partial charge in [-0.1, -0.05) is 0 Å². The van der Waals surface area contributed by atoms with E-state index in [0.29, 0.717) is 24.2 Å². The number of nitrogens with two attached hydrogens (primary N) is 1. The second kappa shape index (κ2) is 5.56. The molecule has 2 rings (SSSR count). The molecule has 5 nitrogen and oxygen atoms in total. The van der Waals surface area contributed by atoms with Gasteiger partial charge in [0.05, 0.1) is 24.1 Å². The van der Waals surface area contributed by atoms with E-state index in [9.17, 15) is 9.90 Å². The number of hydrogen-bond donors (Lipinski definition) is 2. The first-order chi connectivity index (χ1) is 9.11. The largest absolute Gasteiger partial charge is 0.511 e. The number of aliphatic imine (C=N–C) groups is 1. The quantitative estimate of drug-likeness (QED) is 0.874. The zero-order chi connectivity index (χ0) is 13.8. The SMILES string of the molecule is COc1ccc(N=C2CCCC(O)=C2C(N)=O)cc1. The first kappa shape index (κ1) is 13.1. The molecule has 1 amide bonds. The molecule has 0 heterocycles. The van der Waals surface area contributed by atoms with Gasteiger partial charge in [-0.05, 0) is 37.1 Å². The lowest BCUT2D eigenvalue weighted by atomic mass is 9.95. The second-order valence-electron chi connectivity index (χ2n) is 4.30. The number of rotatable bonds is 3. The Morgan fingerprint density at radius 2 is 2.00 bits per heavy atom. The minimum atomic E-state index is -0.635. The number of methoxy groups -OCH3 is 1. The van der Waals surface area contributed by atoms with Crippen LogP contribution in [-0.4, -0.2) is 23.8 Å². The molecule has 1 aromatic carbocycles. The molecular formula is C14H16N2O3. The minimum absolute atomic E-state index is 0.0333. The number of carbonyl (C=O) groups excluding carboxylic acids is 1. The molecule has 0 saturated heterocycles. The van der Waals surface area contributed by atoms with Crippen molar-refractivity contribution in [1.29, 1.82) is 0 Å². The van der Waals surface area contributed by atoms with E-state index in [1.165, 1.54) is 0 Å². The zero-order valence-corrected chi connectivity index (χ0v) is 10.7. The van der Waals surface area contributed by atoms with Crippen molar-refractivity contribution >= 4 is 17.3 Å². The van der Waals surface area contributed by atoms with Crippen LogP contribution in [0.3, 0.4) is 0 Å². The summed E-state index contributed by atoms with van der Waals surface area (Å²) in [6.45, 7) is 0. The molecule has 0 bridgehead atoms. The number of ether oxygens (including phenoxy) is 1. The molecule has 5 heteroatoms. The summed E-state index contributed by atoms with van der Waals surface area (Å²) >= 11 is 0. The van der Waals surface area contributed by atoms with Gasteiger partial charge in [0.25, 0.3) is 5.91 Å². The van der Waals surface area contributed by atoms with Crippen molar-refractivity contribution in [1.82, 2.24) is 0 Å². The minimum Gasteiger partial charge on any atom is -0.511 e. The number of hydrogen-bond acceptors (Lipinski definition) is 4. The molecule has 0 atom stereocenters. The van der Waals surface area contributed by atoms with Crippen molar-refractivity contribution in [2.45, 2.75) is 19.3 Å². The Hall–Kier alpha value is -2.30. The van der Waals surface area contributed by atoms with Gasteiger partial charge in [0, 0.05) is 6.42 Å². The van der Waals surface area contributed by atoms with E-state index >= 15 is 0 Å². The summed E-state index contributed by atoms with van der Waals surface area (Å²) in [5.41, 5.74) is 6.69. The van der Waals surface area contributed by atoms with Crippen molar-refractivity contribution in [3.8, 4) is 5.75 Å². The smallest absolute Gasteiger partial charge is 0.253 e. The van der Waals surface area contributed by atoms with Crippen LogP contribution in [0.1, 0.15) is 19.3 Å². The number of carbonyl (C=O) groups is 1. The molecule has 3 N–H and O–H groups in total. The summed E-state index contributed by atoms with van der Waals surface area (Å²) in [6, 6.07) is 7.15. The van der Waals surface area contributed by atoms with Gasteiger partial charge in [-0.15, -0.1) is 0 Å². The van der Waals surface area contributed by atoms with Crippen LogP contribution >= 0.6 is 0 Å². The third-order valence-electron chi connectivity index (χ3n) is 2.99. The van der Waals surface area contributed by atoms with Gasteiger partial charge in [0.2, 0.25) is 0 Å². The normalized spacial score (nSPS) is 17.6. The predicted molar refractivity (Wildman–Crippen MR) is 72.8 cm³/mol. The van der Waals surface area contributed by atoms with Crippen molar-refractivity contribution in [3.05, 3.63) is 35.6 Å². The predicted octanol–water partition coefficient (Wildman–Crippen LogP) is 2.25. The van der Waals surface area contributed by atoms with Crippen molar-refractivity contribution in [3.63, 3.8) is 0 Å². The third-order valence-corrected chi connectivity index (χ3v) is 2.99. The first-order valence-corrected chi connectivity index (χ1v) is 6.05. The molecule has 0 saturated carbocycles. The van der Waals surface area contributed by atoms with Gasteiger partial charge in [-0.25, -0.2) is 0 Å². The summed E-state index contributed by atoms with van der Waals surface area (Å²) in [4.78, 5) is 15.8. The summed E-state index contributed by atoms with van der Waals surface area (Å²) < 4.78 is 5.06. The fourth-order valence-corrected chi connectivity index (χ4v) is 2.05. The standard InChI is InChI=1S/C14H16N2O3/c1-19-10-7-5-9(6-8-10)16-11-3-2-4-12(17)13(11)14(15)18/h5-8,17H,2-4H2,1H3,(H2,15,18). The topological polar surface area (TPSA) is 84.9 Å². The monoisotopic (exact) mass is 260 g/mol. The summed E-state index contributed by atoms with van der Waals surface area (Å²) in [7, 11) is 1.59. The molecule has 0 aliphatic heterocycles. The maximum atomic E-state index is 11.4. The molecule has 100 valence electrons. The maximum Gasteiger partial charge on any atom is 0.253 e. The number of allylic oxidation sites excluding steroid dienone is 1. The lowest BCUT2D eigenvalue weighted by Crippen LogP contribution is -2.25. The van der Waals surface area contributed by atoms with Gasteiger partial charge in [-0.2, -0.15) is 0 Å². The highest BCUT2D eigenvalue weighted by atomic mass is 16.5. The molecule has 0 aromatic heterocycles. The Bertz CT molecular complexity index is 544. The van der Waals surface area contributed by atoms with E-state index < -0.39 is 5.91 Å². The van der Waals surface area contributed by atoms with Gasteiger partial charge >= 0.3 is 0 Å². The van der Waals surface area contributed by atoms with Crippen LogP contribution in [0, 0.1) is 0 Å². The Balaban J connectivity index is 2.35. The Morgan fingerprint density at radius 3 is 2.58 bits per heavy atom. The van der Waals surface area contributed by atoms with E-state index in [0.717, 1.165) is 12.2 Å². The van der Waals surface area contributed by atoms with E-state index in [1.54, 1.807) is 31.4 Å². The second-order valence-corrected chi connectivity index (χ2v) is 4.30. The molecule has 0 unspecified atom stereocenters. The fraction of sp³-hybridized carbons (Fsp3) is 0.286. The molecular weight excluding hydrogens is 244 g/mol. The molecule has 19 heavy (non-hydrogen) atoms. The van der Waals surface area contributed by atoms with Gasteiger partial charge in [-0.3, -0.25) is 9.79 Å². The molecule has 1 aromatic rings. The molecule has 0 spiro atoms. The highest BCUT2D eigenvalue weighted by molar-refractivity contribution is 6.22. The van der Waals surface area contributed by atoms with E-state index in [-0.39, 0.29) is 11.3 Å². The lowest BCUT2D eigenvalue weighted by Gasteiger charge is -2.16. The number of aliphatic hydroxyl groups is 1. The fourth-order valence-electron chi connectivity index (χ4n) is 2.05.